The predicted molar refractivity (Wildman–Crippen MR) is 79.2 cm³/mol. The molecule has 2 atom stereocenters. The van der Waals surface area contributed by atoms with Gasteiger partial charge in [0.2, 0.25) is 0 Å². The Morgan fingerprint density at radius 3 is 2.67 bits per heavy atom. The Kier molecular flexibility index (Phi) is 4.95. The molecule has 7 nitrogen and oxygen atoms in total. The van der Waals surface area contributed by atoms with Crippen LogP contribution in [0, 0.1) is 5.92 Å². The fraction of sp³-hybridized carbons (Fsp3) is 0.643. The van der Waals surface area contributed by atoms with E-state index >= 15 is 0 Å². The van der Waals surface area contributed by atoms with Gasteiger partial charge in [0.1, 0.15) is 5.69 Å². The van der Waals surface area contributed by atoms with Crippen LogP contribution in [0.2, 0.25) is 0 Å². The number of aromatic nitrogens is 2. The molecule has 0 saturated heterocycles. The first-order chi connectivity index (χ1) is 10.1. The van der Waals surface area contributed by atoms with E-state index in [4.69, 9.17) is 5.73 Å². The molecule has 7 heteroatoms. The molecule has 1 aromatic rings. The number of nitrogens with zero attached hydrogens (tertiary/aromatic N) is 1. The van der Waals surface area contributed by atoms with E-state index in [1.165, 1.54) is 0 Å². The predicted octanol–water partition coefficient (Wildman–Crippen LogP) is 0.0428. The van der Waals surface area contributed by atoms with Crippen molar-refractivity contribution in [3.05, 3.63) is 32.6 Å². The Balaban J connectivity index is 2.29. The van der Waals surface area contributed by atoms with Crippen LogP contribution < -0.4 is 17.0 Å². The van der Waals surface area contributed by atoms with Gasteiger partial charge in [0.15, 0.2) is 0 Å². The highest BCUT2D eigenvalue weighted by Crippen LogP contribution is 2.28. The van der Waals surface area contributed by atoms with Crippen molar-refractivity contribution in [1.29, 1.82) is 0 Å². The summed E-state index contributed by atoms with van der Waals surface area (Å²) in [6, 6.07) is 1.20. The molecule has 2 unspecified atom stereocenters. The molecule has 1 aromatic heterocycles. The normalized spacial score (nSPS) is 22.0. The van der Waals surface area contributed by atoms with Gasteiger partial charge in [-0.05, 0) is 32.2 Å². The summed E-state index contributed by atoms with van der Waals surface area (Å²) in [4.78, 5) is 41.5. The lowest BCUT2D eigenvalue weighted by Gasteiger charge is -2.39. The van der Waals surface area contributed by atoms with Crippen molar-refractivity contribution in [1.82, 2.24) is 14.9 Å². The summed E-state index contributed by atoms with van der Waals surface area (Å²) in [6.45, 7) is 2.96. The minimum absolute atomic E-state index is 0.0342. The van der Waals surface area contributed by atoms with Crippen LogP contribution in [0.1, 0.15) is 43.1 Å². The molecule has 1 amide bonds. The van der Waals surface area contributed by atoms with Crippen molar-refractivity contribution in [3.63, 3.8) is 0 Å². The van der Waals surface area contributed by atoms with Crippen LogP contribution in [0.25, 0.3) is 0 Å². The van der Waals surface area contributed by atoms with Gasteiger partial charge in [-0.2, -0.15) is 0 Å². The standard InChI is InChI=1S/C14H22N4O3/c1-2-18(11-6-4-3-5-9(11)8-15)13(20)10-7-12(19)17-14(21)16-10/h7,9,11H,2-6,8,15H2,1H3,(H2,16,17,19,21). The topological polar surface area (TPSA) is 112 Å². The van der Waals surface area contributed by atoms with Crippen molar-refractivity contribution in [3.8, 4) is 0 Å². The summed E-state index contributed by atoms with van der Waals surface area (Å²) in [6.07, 6.45) is 4.12. The molecule has 0 aliphatic heterocycles. The minimum Gasteiger partial charge on any atom is -0.334 e. The molecular weight excluding hydrogens is 272 g/mol. The summed E-state index contributed by atoms with van der Waals surface area (Å²) < 4.78 is 0. The number of hydrogen-bond donors (Lipinski definition) is 3. The zero-order valence-corrected chi connectivity index (χ0v) is 12.2. The molecule has 0 bridgehead atoms. The Morgan fingerprint density at radius 1 is 1.33 bits per heavy atom. The molecular formula is C14H22N4O3. The highest BCUT2D eigenvalue weighted by atomic mass is 16.2. The maximum Gasteiger partial charge on any atom is 0.326 e. The van der Waals surface area contributed by atoms with Gasteiger partial charge in [0.25, 0.3) is 11.5 Å². The van der Waals surface area contributed by atoms with Gasteiger partial charge in [-0.25, -0.2) is 4.79 Å². The average Bonchev–Trinajstić information content (AvgIpc) is 2.47. The first kappa shape index (κ1) is 15.5. The molecule has 1 saturated carbocycles. The van der Waals surface area contributed by atoms with Crippen LogP contribution in [0.4, 0.5) is 0 Å². The minimum atomic E-state index is -0.666. The highest BCUT2D eigenvalue weighted by Gasteiger charge is 2.32. The van der Waals surface area contributed by atoms with E-state index in [0.29, 0.717) is 13.1 Å². The van der Waals surface area contributed by atoms with Crippen LogP contribution in [-0.4, -0.2) is 39.9 Å². The van der Waals surface area contributed by atoms with E-state index in [-0.39, 0.29) is 23.6 Å². The van der Waals surface area contributed by atoms with Gasteiger partial charge in [0, 0.05) is 18.7 Å². The summed E-state index contributed by atoms with van der Waals surface area (Å²) in [5.74, 6) is -0.0394. The molecule has 1 aliphatic carbocycles. The third-order valence-corrected chi connectivity index (χ3v) is 4.16. The van der Waals surface area contributed by atoms with Crippen molar-refractivity contribution in [2.75, 3.05) is 13.1 Å². The second kappa shape index (κ2) is 6.71. The molecule has 0 aromatic carbocycles. The van der Waals surface area contributed by atoms with Gasteiger partial charge in [-0.1, -0.05) is 12.8 Å². The average molecular weight is 294 g/mol. The van der Waals surface area contributed by atoms with Crippen LogP contribution in [-0.2, 0) is 0 Å². The summed E-state index contributed by atoms with van der Waals surface area (Å²) >= 11 is 0. The highest BCUT2D eigenvalue weighted by molar-refractivity contribution is 5.92. The van der Waals surface area contributed by atoms with E-state index in [1.54, 1.807) is 4.90 Å². The van der Waals surface area contributed by atoms with Crippen LogP contribution >= 0.6 is 0 Å². The van der Waals surface area contributed by atoms with Crippen molar-refractivity contribution in [2.45, 2.75) is 38.6 Å². The lowest BCUT2D eigenvalue weighted by molar-refractivity contribution is 0.0553. The lowest BCUT2D eigenvalue weighted by Crippen LogP contribution is -2.48. The van der Waals surface area contributed by atoms with Crippen LogP contribution in [0.5, 0.6) is 0 Å². The number of rotatable bonds is 4. The zero-order chi connectivity index (χ0) is 15.4. The van der Waals surface area contributed by atoms with Gasteiger partial charge in [0.05, 0.1) is 0 Å². The fourth-order valence-corrected chi connectivity index (χ4v) is 3.14. The monoisotopic (exact) mass is 294 g/mol. The van der Waals surface area contributed by atoms with Crippen molar-refractivity contribution < 1.29 is 4.79 Å². The molecule has 116 valence electrons. The van der Waals surface area contributed by atoms with E-state index in [1.807, 2.05) is 6.92 Å². The fourth-order valence-electron chi connectivity index (χ4n) is 3.14. The smallest absolute Gasteiger partial charge is 0.326 e. The van der Waals surface area contributed by atoms with Gasteiger partial charge in [-0.3, -0.25) is 14.6 Å². The Hall–Kier alpha value is -1.89. The Morgan fingerprint density at radius 2 is 2.05 bits per heavy atom. The van der Waals surface area contributed by atoms with Gasteiger partial charge in [-0.15, -0.1) is 0 Å². The third kappa shape index (κ3) is 3.41. The quantitative estimate of drug-likeness (QED) is 0.728. The second-order valence-corrected chi connectivity index (χ2v) is 5.44. The van der Waals surface area contributed by atoms with Gasteiger partial charge >= 0.3 is 5.69 Å². The van der Waals surface area contributed by atoms with Crippen LogP contribution in [0.15, 0.2) is 15.7 Å². The molecule has 0 radical (unpaired) electrons. The van der Waals surface area contributed by atoms with E-state index in [2.05, 4.69) is 9.97 Å². The van der Waals surface area contributed by atoms with Crippen molar-refractivity contribution >= 4 is 5.91 Å². The largest absolute Gasteiger partial charge is 0.334 e. The van der Waals surface area contributed by atoms with Crippen LogP contribution in [0.3, 0.4) is 0 Å². The lowest BCUT2D eigenvalue weighted by atomic mass is 9.83. The third-order valence-electron chi connectivity index (χ3n) is 4.16. The molecule has 1 aliphatic rings. The number of hydrogen-bond acceptors (Lipinski definition) is 4. The number of nitrogens with one attached hydrogen (secondary N) is 2. The molecule has 1 heterocycles. The molecule has 4 N–H and O–H groups in total. The van der Waals surface area contributed by atoms with Crippen molar-refractivity contribution in [2.24, 2.45) is 11.7 Å². The number of carbonyl (C=O) groups excluding carboxylic acids is 1. The Bertz CT molecular complexity index is 578. The first-order valence-electron chi connectivity index (χ1n) is 7.41. The number of amides is 1. The van der Waals surface area contributed by atoms with E-state index in [0.717, 1.165) is 31.7 Å². The Labute approximate surface area is 122 Å². The maximum absolute atomic E-state index is 12.6. The van der Waals surface area contributed by atoms with E-state index in [9.17, 15) is 14.4 Å². The summed E-state index contributed by atoms with van der Waals surface area (Å²) in [5, 5.41) is 0. The zero-order valence-electron chi connectivity index (χ0n) is 12.2. The SMILES string of the molecule is CCN(C(=O)c1cc(=O)[nH]c(=O)[nH]1)C1CCCCC1CN. The summed E-state index contributed by atoms with van der Waals surface area (Å²) in [5.41, 5.74) is 4.62. The molecule has 21 heavy (non-hydrogen) atoms. The number of H-pyrrole nitrogens is 2. The first-order valence-corrected chi connectivity index (χ1v) is 7.41. The second-order valence-electron chi connectivity index (χ2n) is 5.44. The van der Waals surface area contributed by atoms with Gasteiger partial charge < -0.3 is 15.6 Å². The molecule has 2 rings (SSSR count). The summed E-state index contributed by atoms with van der Waals surface area (Å²) in [7, 11) is 0. The molecule has 1 fully saturated rings. The molecule has 0 spiro atoms. The van der Waals surface area contributed by atoms with E-state index < -0.39 is 11.2 Å². The number of nitrogens with two attached hydrogens (primary N) is 1. The number of aromatic amines is 2. The number of carbonyl (C=O) groups is 1. The maximum atomic E-state index is 12.6.